The Balaban J connectivity index is 2.14. The third kappa shape index (κ3) is 2.39. The van der Waals surface area contributed by atoms with Gasteiger partial charge in [0.1, 0.15) is 0 Å². The van der Waals surface area contributed by atoms with Crippen LogP contribution < -0.4 is 5.73 Å². The number of alkyl halides is 3. The number of halogens is 3. The molecule has 2 aromatic carbocycles. The molecule has 0 saturated carbocycles. The monoisotopic (exact) mass is 321 g/mol. The number of fused-ring (bicyclic) bond motifs is 1. The fourth-order valence-electron chi connectivity index (χ4n) is 2.29. The standard InChI is InChI=1S/C16H10F3NOS/c17-16(18,19)11-7-3-1-5-9(11)13(20)15-14(21)10-6-2-4-8-12(10)22-15/h1-8H,20H2/b15-13+. The Morgan fingerprint density at radius 1 is 1.00 bits per heavy atom. The van der Waals surface area contributed by atoms with Crippen LogP contribution in [0.4, 0.5) is 13.2 Å². The predicted octanol–water partition coefficient (Wildman–Crippen LogP) is 4.32. The van der Waals surface area contributed by atoms with Gasteiger partial charge >= 0.3 is 6.18 Å². The molecule has 0 amide bonds. The summed E-state index contributed by atoms with van der Waals surface area (Å²) in [4.78, 5) is 13.2. The minimum atomic E-state index is -4.53. The van der Waals surface area contributed by atoms with E-state index in [2.05, 4.69) is 0 Å². The van der Waals surface area contributed by atoms with Gasteiger partial charge in [0.2, 0.25) is 5.78 Å². The maximum atomic E-state index is 13.1. The van der Waals surface area contributed by atoms with Crippen LogP contribution in [0.2, 0.25) is 0 Å². The van der Waals surface area contributed by atoms with E-state index in [1.807, 2.05) is 0 Å². The van der Waals surface area contributed by atoms with Gasteiger partial charge in [-0.1, -0.05) is 42.1 Å². The molecule has 1 aliphatic rings. The summed E-state index contributed by atoms with van der Waals surface area (Å²) in [6.07, 6.45) is -4.53. The van der Waals surface area contributed by atoms with Crippen molar-refractivity contribution < 1.29 is 18.0 Å². The van der Waals surface area contributed by atoms with Crippen LogP contribution in [0.25, 0.3) is 5.70 Å². The Kier molecular flexibility index (Phi) is 3.48. The van der Waals surface area contributed by atoms with Crippen molar-refractivity contribution in [3.8, 4) is 0 Å². The van der Waals surface area contributed by atoms with E-state index in [4.69, 9.17) is 5.73 Å². The summed E-state index contributed by atoms with van der Waals surface area (Å²) in [5, 5.41) is 0. The molecule has 0 atom stereocenters. The average molecular weight is 321 g/mol. The number of hydrogen-bond acceptors (Lipinski definition) is 3. The van der Waals surface area contributed by atoms with Crippen LogP contribution >= 0.6 is 11.8 Å². The second-order valence-corrected chi connectivity index (χ2v) is 5.77. The van der Waals surface area contributed by atoms with Crippen LogP contribution in [0.1, 0.15) is 21.5 Å². The van der Waals surface area contributed by atoms with Crippen LogP contribution in [0.5, 0.6) is 0 Å². The summed E-state index contributed by atoms with van der Waals surface area (Å²) < 4.78 is 39.3. The minimum Gasteiger partial charge on any atom is -0.397 e. The highest BCUT2D eigenvalue weighted by Gasteiger charge is 2.35. The number of rotatable bonds is 1. The average Bonchev–Trinajstić information content (AvgIpc) is 2.83. The fourth-order valence-corrected chi connectivity index (χ4v) is 3.35. The molecule has 0 saturated heterocycles. The molecule has 22 heavy (non-hydrogen) atoms. The van der Waals surface area contributed by atoms with Gasteiger partial charge in [0.05, 0.1) is 16.2 Å². The van der Waals surface area contributed by atoms with E-state index in [0.717, 1.165) is 17.8 Å². The third-order valence-electron chi connectivity index (χ3n) is 3.32. The molecular weight excluding hydrogens is 311 g/mol. The molecule has 0 aliphatic carbocycles. The lowest BCUT2D eigenvalue weighted by Gasteiger charge is -2.13. The summed E-state index contributed by atoms with van der Waals surface area (Å²) in [6.45, 7) is 0. The van der Waals surface area contributed by atoms with Crippen molar-refractivity contribution in [1.82, 2.24) is 0 Å². The van der Waals surface area contributed by atoms with Crippen LogP contribution in [0.15, 0.2) is 58.3 Å². The van der Waals surface area contributed by atoms with E-state index < -0.39 is 11.7 Å². The van der Waals surface area contributed by atoms with Gasteiger partial charge in [0, 0.05) is 16.0 Å². The molecule has 1 heterocycles. The van der Waals surface area contributed by atoms with Gasteiger partial charge in [-0.15, -0.1) is 0 Å². The maximum Gasteiger partial charge on any atom is 0.417 e. The zero-order chi connectivity index (χ0) is 15.9. The number of allylic oxidation sites excluding steroid dienone is 1. The van der Waals surface area contributed by atoms with Crippen molar-refractivity contribution >= 4 is 23.2 Å². The molecule has 2 nitrogen and oxygen atoms in total. The molecule has 2 aromatic rings. The lowest BCUT2D eigenvalue weighted by atomic mass is 10.0. The highest BCUT2D eigenvalue weighted by molar-refractivity contribution is 8.05. The normalized spacial score (nSPS) is 16.6. The van der Waals surface area contributed by atoms with Crippen LogP contribution in [-0.2, 0) is 6.18 Å². The van der Waals surface area contributed by atoms with E-state index in [1.54, 1.807) is 24.3 Å². The Morgan fingerprint density at radius 3 is 2.32 bits per heavy atom. The minimum absolute atomic E-state index is 0.137. The van der Waals surface area contributed by atoms with Crippen molar-refractivity contribution in [2.24, 2.45) is 5.73 Å². The number of benzene rings is 2. The lowest BCUT2D eigenvalue weighted by molar-refractivity contribution is -0.137. The number of Topliss-reactive ketones (excluding diaryl/α,β-unsaturated/α-hetero) is 1. The molecule has 2 N–H and O–H groups in total. The second kappa shape index (κ2) is 5.21. The van der Waals surface area contributed by atoms with Crippen molar-refractivity contribution in [3.05, 3.63) is 70.1 Å². The molecule has 0 aromatic heterocycles. The van der Waals surface area contributed by atoms with Gasteiger partial charge in [0.15, 0.2) is 0 Å². The molecular formula is C16H10F3NOS. The van der Waals surface area contributed by atoms with Crippen molar-refractivity contribution in [3.63, 3.8) is 0 Å². The number of carbonyl (C=O) groups is 1. The molecule has 0 radical (unpaired) electrons. The summed E-state index contributed by atoms with van der Waals surface area (Å²) in [5.41, 5.74) is 5.22. The molecule has 6 heteroatoms. The van der Waals surface area contributed by atoms with Gasteiger partial charge in [0.25, 0.3) is 0 Å². The van der Waals surface area contributed by atoms with E-state index in [-0.39, 0.29) is 21.9 Å². The van der Waals surface area contributed by atoms with Crippen LogP contribution in [0, 0.1) is 0 Å². The zero-order valence-electron chi connectivity index (χ0n) is 11.1. The van der Waals surface area contributed by atoms with E-state index in [9.17, 15) is 18.0 Å². The molecule has 0 unspecified atom stereocenters. The fraction of sp³-hybridized carbons (Fsp3) is 0.0625. The summed E-state index contributed by atoms with van der Waals surface area (Å²) in [7, 11) is 0. The number of thioether (sulfide) groups is 1. The van der Waals surface area contributed by atoms with Gasteiger partial charge < -0.3 is 5.73 Å². The first kappa shape index (κ1) is 14.7. The summed E-state index contributed by atoms with van der Waals surface area (Å²) >= 11 is 1.10. The second-order valence-electron chi connectivity index (χ2n) is 4.71. The number of ketones is 1. The van der Waals surface area contributed by atoms with Crippen LogP contribution in [0.3, 0.4) is 0 Å². The van der Waals surface area contributed by atoms with Crippen molar-refractivity contribution in [1.29, 1.82) is 0 Å². The lowest BCUT2D eigenvalue weighted by Crippen LogP contribution is -2.13. The predicted molar refractivity (Wildman–Crippen MR) is 79.2 cm³/mol. The Labute approximate surface area is 128 Å². The first-order valence-electron chi connectivity index (χ1n) is 6.37. The third-order valence-corrected chi connectivity index (χ3v) is 4.50. The summed E-state index contributed by atoms with van der Waals surface area (Å²) in [5.74, 6) is -0.338. The van der Waals surface area contributed by atoms with Gasteiger partial charge in [-0.2, -0.15) is 13.2 Å². The first-order chi connectivity index (χ1) is 10.4. The topological polar surface area (TPSA) is 43.1 Å². The van der Waals surface area contributed by atoms with E-state index in [0.29, 0.717) is 10.5 Å². The largest absolute Gasteiger partial charge is 0.417 e. The zero-order valence-corrected chi connectivity index (χ0v) is 12.0. The maximum absolute atomic E-state index is 13.1. The van der Waals surface area contributed by atoms with E-state index in [1.165, 1.54) is 18.2 Å². The Hall–Kier alpha value is -2.21. The highest BCUT2D eigenvalue weighted by Crippen LogP contribution is 2.43. The van der Waals surface area contributed by atoms with E-state index >= 15 is 0 Å². The quantitative estimate of drug-likeness (QED) is 0.795. The van der Waals surface area contributed by atoms with Crippen molar-refractivity contribution in [2.75, 3.05) is 0 Å². The first-order valence-corrected chi connectivity index (χ1v) is 7.19. The van der Waals surface area contributed by atoms with Gasteiger partial charge in [-0.25, -0.2) is 0 Å². The molecule has 112 valence electrons. The number of carbonyl (C=O) groups excluding carboxylic acids is 1. The molecule has 3 rings (SSSR count). The van der Waals surface area contributed by atoms with Crippen LogP contribution in [-0.4, -0.2) is 5.78 Å². The molecule has 0 spiro atoms. The van der Waals surface area contributed by atoms with Gasteiger partial charge in [-0.3, -0.25) is 4.79 Å². The Morgan fingerprint density at radius 2 is 1.64 bits per heavy atom. The highest BCUT2D eigenvalue weighted by atomic mass is 32.2. The smallest absolute Gasteiger partial charge is 0.397 e. The molecule has 1 aliphatic heterocycles. The van der Waals surface area contributed by atoms with Gasteiger partial charge in [-0.05, 0) is 18.2 Å². The SMILES string of the molecule is N/C(=C1/Sc2ccccc2C1=O)c1ccccc1C(F)(F)F. The number of nitrogens with two attached hydrogens (primary N) is 1. The molecule has 0 bridgehead atoms. The summed E-state index contributed by atoms with van der Waals surface area (Å²) in [6, 6.07) is 11.9. The Bertz CT molecular complexity index is 796. The van der Waals surface area contributed by atoms with Crippen molar-refractivity contribution in [2.45, 2.75) is 11.1 Å². The number of hydrogen-bond donors (Lipinski definition) is 1. The molecule has 0 fully saturated rings.